The Morgan fingerprint density at radius 1 is 1.44 bits per heavy atom. The highest BCUT2D eigenvalue weighted by atomic mass is 19.4. The zero-order valence-electron chi connectivity index (χ0n) is 10.5. The molecule has 1 aromatic rings. The van der Waals surface area contributed by atoms with E-state index in [-0.39, 0.29) is 0 Å². The summed E-state index contributed by atoms with van der Waals surface area (Å²) >= 11 is 0. The fourth-order valence-corrected chi connectivity index (χ4v) is 1.61. The van der Waals surface area contributed by atoms with Crippen LogP contribution in [0.4, 0.5) is 13.2 Å². The lowest BCUT2D eigenvalue weighted by Gasteiger charge is -2.15. The van der Waals surface area contributed by atoms with Crippen LogP contribution in [0.1, 0.15) is 17.8 Å². The summed E-state index contributed by atoms with van der Waals surface area (Å²) in [4.78, 5) is 0. The first-order chi connectivity index (χ1) is 8.30. The van der Waals surface area contributed by atoms with Crippen molar-refractivity contribution < 1.29 is 18.3 Å². The van der Waals surface area contributed by atoms with Gasteiger partial charge >= 0.3 is 6.18 Å². The van der Waals surface area contributed by atoms with Gasteiger partial charge in [-0.25, -0.2) is 0 Å². The van der Waals surface area contributed by atoms with Gasteiger partial charge in [0.2, 0.25) is 0 Å². The van der Waals surface area contributed by atoms with Gasteiger partial charge in [-0.05, 0) is 32.9 Å². The molecule has 0 radical (unpaired) electrons. The zero-order valence-corrected chi connectivity index (χ0v) is 10.5. The first kappa shape index (κ1) is 15.0. The Bertz CT molecular complexity index is 376. The van der Waals surface area contributed by atoms with Crippen LogP contribution in [0.2, 0.25) is 0 Å². The highest BCUT2D eigenvalue weighted by Crippen LogP contribution is 2.19. The number of aryl methyl sites for hydroxylation is 3. The van der Waals surface area contributed by atoms with Crippen molar-refractivity contribution in [2.75, 3.05) is 13.1 Å². The van der Waals surface area contributed by atoms with Crippen molar-refractivity contribution in [3.05, 3.63) is 17.5 Å². The van der Waals surface area contributed by atoms with E-state index in [0.29, 0.717) is 19.5 Å². The third-order valence-electron chi connectivity index (χ3n) is 2.54. The molecule has 0 bridgehead atoms. The standard InChI is InChI=1S/C11H18F3N3O/c1-8-6-9(2)17(16-8)5-3-4-15-7-10(18)11(12,13)14/h6,10,15,18H,3-5,7H2,1-2H3. The van der Waals surface area contributed by atoms with E-state index in [1.165, 1.54) is 0 Å². The molecular weight excluding hydrogens is 247 g/mol. The maximum atomic E-state index is 12.0. The van der Waals surface area contributed by atoms with E-state index in [2.05, 4.69) is 10.4 Å². The average molecular weight is 265 g/mol. The van der Waals surface area contributed by atoms with E-state index >= 15 is 0 Å². The van der Waals surface area contributed by atoms with Crippen LogP contribution in [0.5, 0.6) is 0 Å². The molecule has 1 aromatic heterocycles. The summed E-state index contributed by atoms with van der Waals surface area (Å²) in [5, 5.41) is 15.6. The fourth-order valence-electron chi connectivity index (χ4n) is 1.61. The molecule has 1 rings (SSSR count). The van der Waals surface area contributed by atoms with Crippen LogP contribution in [0, 0.1) is 13.8 Å². The molecule has 104 valence electrons. The van der Waals surface area contributed by atoms with Crippen molar-refractivity contribution in [2.24, 2.45) is 0 Å². The van der Waals surface area contributed by atoms with Gasteiger partial charge in [0.05, 0.1) is 5.69 Å². The minimum atomic E-state index is -4.55. The molecule has 1 unspecified atom stereocenters. The van der Waals surface area contributed by atoms with Gasteiger partial charge in [0.25, 0.3) is 0 Å². The van der Waals surface area contributed by atoms with E-state index in [0.717, 1.165) is 11.4 Å². The summed E-state index contributed by atoms with van der Waals surface area (Å²) in [7, 11) is 0. The Labute approximate surface area is 104 Å². The highest BCUT2D eigenvalue weighted by molar-refractivity contribution is 5.06. The molecule has 0 fully saturated rings. The smallest absolute Gasteiger partial charge is 0.382 e. The molecule has 0 spiro atoms. The summed E-state index contributed by atoms with van der Waals surface area (Å²) in [5.74, 6) is 0. The summed E-state index contributed by atoms with van der Waals surface area (Å²) in [6.07, 6.45) is -6.19. The molecule has 1 heterocycles. The summed E-state index contributed by atoms with van der Waals surface area (Å²) in [5.41, 5.74) is 1.95. The second kappa shape index (κ2) is 6.19. The Hall–Kier alpha value is -1.08. The van der Waals surface area contributed by atoms with Crippen molar-refractivity contribution in [1.29, 1.82) is 0 Å². The lowest BCUT2D eigenvalue weighted by Crippen LogP contribution is -2.38. The van der Waals surface area contributed by atoms with E-state index in [9.17, 15) is 13.2 Å². The number of hydrogen-bond donors (Lipinski definition) is 2. The number of alkyl halides is 3. The Kier molecular flexibility index (Phi) is 5.15. The van der Waals surface area contributed by atoms with Crippen LogP contribution in [0.3, 0.4) is 0 Å². The molecule has 0 amide bonds. The van der Waals surface area contributed by atoms with Crippen molar-refractivity contribution in [3.8, 4) is 0 Å². The SMILES string of the molecule is Cc1cc(C)n(CCCNCC(O)C(F)(F)F)n1. The number of aliphatic hydroxyl groups excluding tert-OH is 1. The predicted octanol–water partition coefficient (Wildman–Crippen LogP) is 1.40. The van der Waals surface area contributed by atoms with Gasteiger partial charge in [0.1, 0.15) is 0 Å². The number of aliphatic hydroxyl groups is 1. The van der Waals surface area contributed by atoms with Gasteiger partial charge in [-0.1, -0.05) is 0 Å². The number of nitrogens with zero attached hydrogens (tertiary/aromatic N) is 2. The lowest BCUT2D eigenvalue weighted by molar-refractivity contribution is -0.201. The van der Waals surface area contributed by atoms with Gasteiger partial charge < -0.3 is 10.4 Å². The van der Waals surface area contributed by atoms with Crippen molar-refractivity contribution in [2.45, 2.75) is 39.1 Å². The first-order valence-corrected chi connectivity index (χ1v) is 5.77. The van der Waals surface area contributed by atoms with Crippen LogP contribution in [0.25, 0.3) is 0 Å². The third kappa shape index (κ3) is 4.66. The summed E-state index contributed by atoms with van der Waals surface area (Å²) < 4.78 is 37.7. The van der Waals surface area contributed by atoms with Crippen molar-refractivity contribution in [1.82, 2.24) is 15.1 Å². The number of rotatable bonds is 6. The minimum Gasteiger partial charge on any atom is -0.382 e. The fraction of sp³-hybridized carbons (Fsp3) is 0.727. The molecule has 0 aliphatic carbocycles. The molecule has 2 N–H and O–H groups in total. The Balaban J connectivity index is 2.18. The van der Waals surface area contributed by atoms with Gasteiger partial charge in [0.15, 0.2) is 6.10 Å². The first-order valence-electron chi connectivity index (χ1n) is 5.77. The quantitative estimate of drug-likeness (QED) is 0.764. The van der Waals surface area contributed by atoms with E-state index in [1.54, 1.807) is 0 Å². The van der Waals surface area contributed by atoms with Crippen molar-refractivity contribution in [3.63, 3.8) is 0 Å². The zero-order chi connectivity index (χ0) is 13.8. The largest absolute Gasteiger partial charge is 0.415 e. The molecule has 0 aromatic carbocycles. The maximum absolute atomic E-state index is 12.0. The average Bonchev–Trinajstić information content (AvgIpc) is 2.55. The summed E-state index contributed by atoms with van der Waals surface area (Å²) in [6.45, 7) is 4.41. The van der Waals surface area contributed by atoms with Crippen molar-refractivity contribution >= 4 is 0 Å². The van der Waals surface area contributed by atoms with Crippen LogP contribution in [-0.4, -0.2) is 40.3 Å². The van der Waals surface area contributed by atoms with E-state index < -0.39 is 18.8 Å². The van der Waals surface area contributed by atoms with Crippen LogP contribution < -0.4 is 5.32 Å². The van der Waals surface area contributed by atoms with Crippen LogP contribution in [-0.2, 0) is 6.54 Å². The Morgan fingerprint density at radius 2 is 2.11 bits per heavy atom. The molecule has 7 heteroatoms. The molecule has 4 nitrogen and oxygen atoms in total. The monoisotopic (exact) mass is 265 g/mol. The molecule has 0 saturated carbocycles. The number of aromatic nitrogens is 2. The maximum Gasteiger partial charge on any atom is 0.415 e. The second-order valence-corrected chi connectivity index (χ2v) is 4.27. The third-order valence-corrected chi connectivity index (χ3v) is 2.54. The molecule has 1 atom stereocenters. The normalized spacial score (nSPS) is 13.9. The lowest BCUT2D eigenvalue weighted by atomic mass is 10.3. The highest BCUT2D eigenvalue weighted by Gasteiger charge is 2.37. The molecule has 0 saturated heterocycles. The predicted molar refractivity (Wildman–Crippen MR) is 61.2 cm³/mol. The number of halogens is 3. The van der Waals surface area contributed by atoms with Gasteiger partial charge in [0, 0.05) is 18.8 Å². The minimum absolute atomic E-state index is 0.408. The van der Waals surface area contributed by atoms with Gasteiger partial charge in [-0.15, -0.1) is 0 Å². The number of hydrogen-bond acceptors (Lipinski definition) is 3. The summed E-state index contributed by atoms with van der Waals surface area (Å²) in [6, 6.07) is 1.95. The van der Waals surface area contributed by atoms with Crippen LogP contribution >= 0.6 is 0 Å². The molecular formula is C11H18F3N3O. The van der Waals surface area contributed by atoms with E-state index in [1.807, 2.05) is 24.6 Å². The second-order valence-electron chi connectivity index (χ2n) is 4.27. The topological polar surface area (TPSA) is 50.1 Å². The molecule has 0 aliphatic heterocycles. The molecule has 0 aliphatic rings. The van der Waals surface area contributed by atoms with Gasteiger partial charge in [-0.3, -0.25) is 4.68 Å². The van der Waals surface area contributed by atoms with Gasteiger partial charge in [-0.2, -0.15) is 18.3 Å². The van der Waals surface area contributed by atoms with E-state index in [4.69, 9.17) is 5.11 Å². The van der Waals surface area contributed by atoms with Crippen LogP contribution in [0.15, 0.2) is 6.07 Å². The molecule has 18 heavy (non-hydrogen) atoms. The Morgan fingerprint density at radius 3 is 2.61 bits per heavy atom. The number of nitrogens with one attached hydrogen (secondary N) is 1.